The number of rotatable bonds is 9. The van der Waals surface area contributed by atoms with Gasteiger partial charge >= 0.3 is 0 Å². The molecule has 0 radical (unpaired) electrons. The summed E-state index contributed by atoms with van der Waals surface area (Å²) in [6.07, 6.45) is 3.35. The van der Waals surface area contributed by atoms with Crippen LogP contribution in [0.5, 0.6) is 11.5 Å². The van der Waals surface area contributed by atoms with Crippen LogP contribution in [0.25, 0.3) is 10.9 Å². The molecule has 5 unspecified atom stereocenters. The van der Waals surface area contributed by atoms with Crippen LogP contribution in [0.3, 0.4) is 0 Å². The first-order valence-corrected chi connectivity index (χ1v) is 14.8. The molecule has 1 saturated carbocycles. The second-order valence-electron chi connectivity index (χ2n) is 11.4. The number of aliphatic hydroxyl groups is 1. The Bertz CT molecular complexity index is 1520. The van der Waals surface area contributed by atoms with Crippen LogP contribution in [0.15, 0.2) is 48.5 Å². The van der Waals surface area contributed by atoms with Gasteiger partial charge in [0.05, 0.1) is 16.6 Å². The minimum Gasteiger partial charge on any atom is -0.457 e. The van der Waals surface area contributed by atoms with Gasteiger partial charge in [0.25, 0.3) is 5.91 Å². The molecule has 6 rings (SSSR count). The Balaban J connectivity index is 1.24. The summed E-state index contributed by atoms with van der Waals surface area (Å²) in [5.41, 5.74) is 0.924. The Hall–Kier alpha value is -3.89. The molecule has 5 atom stereocenters. The van der Waals surface area contributed by atoms with Gasteiger partial charge in [0.2, 0.25) is 11.8 Å². The molecule has 0 bridgehead atoms. The summed E-state index contributed by atoms with van der Waals surface area (Å²) in [7, 11) is 0. The zero-order valence-corrected chi connectivity index (χ0v) is 23.7. The molecule has 42 heavy (non-hydrogen) atoms. The number of hydrogen-bond donors (Lipinski definition) is 4. The van der Waals surface area contributed by atoms with Crippen molar-refractivity contribution in [2.24, 2.45) is 17.8 Å². The first-order valence-electron chi connectivity index (χ1n) is 14.4. The molecule has 3 fully saturated rings. The van der Waals surface area contributed by atoms with E-state index in [1.807, 2.05) is 30.3 Å². The normalized spacial score (nSPS) is 24.0. The summed E-state index contributed by atoms with van der Waals surface area (Å²) in [6.45, 7) is 0.196. The van der Waals surface area contributed by atoms with Gasteiger partial charge in [-0.25, -0.2) is 0 Å². The zero-order chi connectivity index (χ0) is 29.4. The monoisotopic (exact) mass is 592 g/mol. The van der Waals surface area contributed by atoms with E-state index in [4.69, 9.17) is 16.3 Å². The van der Waals surface area contributed by atoms with Crippen molar-refractivity contribution in [3.63, 3.8) is 0 Å². The number of aromatic nitrogens is 1. The average Bonchev–Trinajstić information content (AvgIpc) is 3.77. The number of carbonyl (C=O) groups is 4. The summed E-state index contributed by atoms with van der Waals surface area (Å²) < 4.78 is 5.93. The Labute approximate surface area is 247 Å². The Morgan fingerprint density at radius 1 is 1.10 bits per heavy atom. The number of aromatic amines is 1. The Morgan fingerprint density at radius 2 is 1.90 bits per heavy atom. The highest BCUT2D eigenvalue weighted by Gasteiger charge is 2.50. The van der Waals surface area contributed by atoms with E-state index in [0.29, 0.717) is 52.6 Å². The van der Waals surface area contributed by atoms with E-state index < -0.39 is 36.3 Å². The van der Waals surface area contributed by atoms with E-state index in [1.165, 1.54) is 0 Å². The number of H-pyrrole nitrogens is 1. The Morgan fingerprint density at radius 3 is 2.64 bits per heavy atom. The van der Waals surface area contributed by atoms with Crippen LogP contribution in [0.2, 0.25) is 5.02 Å². The minimum absolute atomic E-state index is 0.0348. The summed E-state index contributed by atoms with van der Waals surface area (Å²) in [5.74, 6) is -0.591. The number of halogens is 1. The predicted octanol–water partition coefficient (Wildman–Crippen LogP) is 3.43. The molecule has 0 spiro atoms. The molecule has 1 aromatic heterocycles. The van der Waals surface area contributed by atoms with Gasteiger partial charge in [-0.3, -0.25) is 19.2 Å². The quantitative estimate of drug-likeness (QED) is 0.300. The fraction of sp³-hybridized carbons (Fsp3) is 0.419. The van der Waals surface area contributed by atoms with E-state index in [2.05, 4.69) is 15.6 Å². The number of nitrogens with zero attached hydrogens (tertiary/aromatic N) is 1. The second-order valence-corrected chi connectivity index (χ2v) is 11.8. The number of benzene rings is 2. The first kappa shape index (κ1) is 28.2. The van der Waals surface area contributed by atoms with Crippen molar-refractivity contribution >= 4 is 46.0 Å². The number of ether oxygens (including phenoxy) is 1. The molecule has 11 heteroatoms. The van der Waals surface area contributed by atoms with Crippen molar-refractivity contribution in [2.45, 2.75) is 44.2 Å². The molecular formula is C31H33ClN4O6. The van der Waals surface area contributed by atoms with Crippen LogP contribution >= 0.6 is 11.6 Å². The third kappa shape index (κ3) is 5.48. The van der Waals surface area contributed by atoms with E-state index in [-0.39, 0.29) is 30.1 Å². The molecular weight excluding hydrogens is 560 g/mol. The van der Waals surface area contributed by atoms with Gasteiger partial charge in [0.1, 0.15) is 29.8 Å². The van der Waals surface area contributed by atoms with Crippen molar-refractivity contribution in [1.82, 2.24) is 20.5 Å². The van der Waals surface area contributed by atoms with Crippen molar-refractivity contribution in [3.05, 3.63) is 59.2 Å². The maximum absolute atomic E-state index is 13.9. The maximum Gasteiger partial charge on any atom is 0.271 e. The summed E-state index contributed by atoms with van der Waals surface area (Å²) in [4.78, 5) is 57.2. The van der Waals surface area contributed by atoms with Gasteiger partial charge in [-0.2, -0.15) is 0 Å². The molecule has 220 valence electrons. The number of para-hydroxylation sites is 1. The van der Waals surface area contributed by atoms with Crippen LogP contribution in [0.4, 0.5) is 0 Å². The van der Waals surface area contributed by atoms with Crippen molar-refractivity contribution in [1.29, 1.82) is 0 Å². The second kappa shape index (κ2) is 11.8. The molecule has 2 aromatic carbocycles. The van der Waals surface area contributed by atoms with Crippen molar-refractivity contribution in [3.8, 4) is 11.5 Å². The number of Topliss-reactive ketones (excluding diaryl/α,β-unsaturated/α-hetero) is 1. The Kier molecular flexibility index (Phi) is 7.92. The smallest absolute Gasteiger partial charge is 0.271 e. The molecule has 3 heterocycles. The minimum atomic E-state index is -1.01. The largest absolute Gasteiger partial charge is 0.457 e. The van der Waals surface area contributed by atoms with Crippen molar-refractivity contribution in [2.75, 3.05) is 19.7 Å². The van der Waals surface area contributed by atoms with E-state index in [9.17, 15) is 24.3 Å². The van der Waals surface area contributed by atoms with E-state index in [1.54, 1.807) is 23.1 Å². The third-order valence-electron chi connectivity index (χ3n) is 8.83. The summed E-state index contributed by atoms with van der Waals surface area (Å²) in [6, 6.07) is 12.7. The summed E-state index contributed by atoms with van der Waals surface area (Å²) in [5, 5.41) is 16.2. The number of likely N-dealkylation sites (tertiary alicyclic amines) is 1. The number of amides is 3. The highest BCUT2D eigenvalue weighted by atomic mass is 35.5. The molecule has 3 amide bonds. The molecule has 3 aliphatic rings. The number of hydrogen-bond acceptors (Lipinski definition) is 6. The van der Waals surface area contributed by atoms with E-state index >= 15 is 0 Å². The van der Waals surface area contributed by atoms with Crippen LogP contribution in [-0.2, 0) is 14.4 Å². The standard InChI is InChI=1S/C31H33ClN4O6/c32-23-12-20(42-19-6-2-1-3-7-19)13-24-22(23)14-26(34-24)31(41)36-15-18-5-4-8-21(18)28(36)30(40)35-25(27(38)16-37)11-17-9-10-33-29(17)39/h1-3,6-7,12-14,17-18,21,25,28,34,37H,4-5,8-11,15-16H2,(H,33,39)(H,35,40). The lowest BCUT2D eigenvalue weighted by molar-refractivity contribution is -0.133. The molecule has 4 N–H and O–H groups in total. The summed E-state index contributed by atoms with van der Waals surface area (Å²) >= 11 is 6.57. The van der Waals surface area contributed by atoms with Gasteiger partial charge in [-0.1, -0.05) is 36.2 Å². The van der Waals surface area contributed by atoms with Crippen LogP contribution in [0, 0.1) is 17.8 Å². The highest BCUT2D eigenvalue weighted by molar-refractivity contribution is 6.35. The molecule has 2 saturated heterocycles. The number of nitrogens with one attached hydrogen (secondary N) is 3. The average molecular weight is 593 g/mol. The molecule has 2 aliphatic heterocycles. The lowest BCUT2D eigenvalue weighted by Crippen LogP contribution is -2.53. The maximum atomic E-state index is 13.9. The number of ketones is 1. The number of aliphatic hydroxyl groups excluding tert-OH is 1. The SMILES string of the molecule is O=C1NCCC1CC(NC(=O)C1C2CCCC2CN1C(=O)c1cc2c(Cl)cc(Oc3ccccc3)cc2[nH]1)C(=O)CO. The lowest BCUT2D eigenvalue weighted by atomic mass is 9.92. The predicted molar refractivity (Wildman–Crippen MR) is 155 cm³/mol. The van der Waals surface area contributed by atoms with Gasteiger partial charge in [0, 0.05) is 36.5 Å². The molecule has 10 nitrogen and oxygen atoms in total. The lowest BCUT2D eigenvalue weighted by Gasteiger charge is -2.29. The number of fused-ring (bicyclic) bond motifs is 2. The van der Waals surface area contributed by atoms with Gasteiger partial charge in [0.15, 0.2) is 5.78 Å². The highest BCUT2D eigenvalue weighted by Crippen LogP contribution is 2.43. The van der Waals surface area contributed by atoms with Gasteiger partial charge in [-0.05, 0) is 55.7 Å². The zero-order valence-electron chi connectivity index (χ0n) is 23.0. The van der Waals surface area contributed by atoms with Gasteiger partial charge < -0.3 is 30.4 Å². The third-order valence-corrected chi connectivity index (χ3v) is 9.15. The van der Waals surface area contributed by atoms with Crippen LogP contribution < -0.4 is 15.4 Å². The first-order chi connectivity index (χ1) is 20.3. The van der Waals surface area contributed by atoms with Crippen molar-refractivity contribution < 1.29 is 29.0 Å². The number of carbonyl (C=O) groups excluding carboxylic acids is 4. The molecule has 3 aromatic rings. The fourth-order valence-electron chi connectivity index (χ4n) is 6.77. The fourth-order valence-corrected chi connectivity index (χ4v) is 7.03. The van der Waals surface area contributed by atoms with Crippen LogP contribution in [-0.4, -0.2) is 70.3 Å². The topological polar surface area (TPSA) is 141 Å². The molecule has 1 aliphatic carbocycles. The van der Waals surface area contributed by atoms with Crippen LogP contribution in [0.1, 0.15) is 42.6 Å². The van der Waals surface area contributed by atoms with Gasteiger partial charge in [-0.15, -0.1) is 0 Å². The van der Waals surface area contributed by atoms with E-state index in [0.717, 1.165) is 19.3 Å².